The maximum atomic E-state index is 6.86. The molecule has 6 heterocycles. The van der Waals surface area contributed by atoms with E-state index in [0.717, 1.165) is 138 Å². The summed E-state index contributed by atoms with van der Waals surface area (Å²) in [6, 6.07) is 82.3. The highest BCUT2D eigenvalue weighted by Crippen LogP contribution is 2.47. The zero-order chi connectivity index (χ0) is 50.6. The number of pyridine rings is 1. The van der Waals surface area contributed by atoms with E-state index in [1.54, 1.807) is 0 Å². The molecule has 0 aliphatic rings. The first-order chi connectivity index (χ1) is 38.2. The molecule has 16 rings (SSSR count). The molecule has 10 aromatic carbocycles. The quantitative estimate of drug-likeness (QED) is 0.151. The molecule has 0 radical (unpaired) electrons. The Balaban J connectivity index is 0.970. The summed E-state index contributed by atoms with van der Waals surface area (Å²) in [4.78, 5) is 21.2. The number of nitrogens with zero attached hydrogens (tertiary/aromatic N) is 6. The van der Waals surface area contributed by atoms with E-state index in [-0.39, 0.29) is 0 Å². The van der Waals surface area contributed by atoms with E-state index in [9.17, 15) is 0 Å². The van der Waals surface area contributed by atoms with E-state index in [1.165, 1.54) is 0 Å². The lowest BCUT2D eigenvalue weighted by molar-refractivity contribution is 0.669. The van der Waals surface area contributed by atoms with E-state index in [2.05, 4.69) is 185 Å². The second-order valence-corrected chi connectivity index (χ2v) is 19.6. The molecule has 6 aromatic heterocycles. The van der Waals surface area contributed by atoms with Gasteiger partial charge in [0.05, 0.1) is 27.8 Å². The Hall–Kier alpha value is -10.4. The molecule has 0 unspecified atom stereocenters. The summed E-state index contributed by atoms with van der Waals surface area (Å²) in [6.07, 6.45) is 2.38. The number of hydrogen-bond donors (Lipinski definition) is 0. The van der Waals surface area contributed by atoms with Crippen LogP contribution in [0.2, 0.25) is 0 Å². The molecule has 8 nitrogen and oxygen atoms in total. The van der Waals surface area contributed by atoms with Gasteiger partial charge in [-0.05, 0) is 90.0 Å². The topological polar surface area (TPSA) is 87.7 Å². The van der Waals surface area contributed by atoms with Crippen LogP contribution in [0.5, 0.6) is 0 Å². The molecule has 0 aliphatic carbocycles. The molecule has 0 amide bonds. The molecule has 0 N–H and O–H groups in total. The number of fused-ring (bicyclic) bond motifs is 14. The Labute approximate surface area is 440 Å². The number of hydrogen-bond acceptors (Lipinski definition) is 6. The molecule has 360 valence electrons. The minimum atomic E-state index is 0.351. The molecular weight excluding hydrogens is 945 g/mol. The fraction of sp³-hybridized carbons (Fsp3) is 0.0145. The monoisotopic (exact) mass is 986 g/mol. The van der Waals surface area contributed by atoms with Gasteiger partial charge in [0.25, 0.3) is 0 Å². The Morgan fingerprint density at radius 1 is 0.338 bits per heavy atom. The Bertz CT molecular complexity index is 4940. The lowest BCUT2D eigenvalue weighted by Crippen LogP contribution is -2.05. The molecule has 0 bridgehead atoms. The van der Waals surface area contributed by atoms with Crippen LogP contribution < -0.4 is 0 Å². The molecule has 0 saturated heterocycles. The normalized spacial score (nSPS) is 11.9. The van der Waals surface area contributed by atoms with Crippen LogP contribution in [0.15, 0.2) is 252 Å². The van der Waals surface area contributed by atoms with E-state index < -0.39 is 0 Å². The van der Waals surface area contributed by atoms with Crippen molar-refractivity contribution in [2.24, 2.45) is 0 Å². The van der Waals surface area contributed by atoms with E-state index in [1.807, 2.05) is 66.9 Å². The smallest absolute Gasteiger partial charge is 0.163 e. The van der Waals surface area contributed by atoms with Crippen molar-refractivity contribution in [1.29, 1.82) is 0 Å². The van der Waals surface area contributed by atoms with Crippen molar-refractivity contribution in [3.8, 4) is 56.5 Å². The predicted molar refractivity (Wildman–Crippen MR) is 312 cm³/mol. The van der Waals surface area contributed by atoms with Gasteiger partial charge in [-0.1, -0.05) is 158 Å². The summed E-state index contributed by atoms with van der Waals surface area (Å²) in [5.41, 5.74) is 16.4. The van der Waals surface area contributed by atoms with E-state index in [0.29, 0.717) is 23.9 Å². The number of para-hydroxylation sites is 4. The highest BCUT2D eigenvalue weighted by Gasteiger charge is 2.25. The van der Waals surface area contributed by atoms with Crippen LogP contribution in [-0.4, -0.2) is 29.1 Å². The summed E-state index contributed by atoms with van der Waals surface area (Å²) in [6.45, 7) is 0. The van der Waals surface area contributed by atoms with Crippen LogP contribution in [0.1, 0.15) is 11.4 Å². The lowest BCUT2D eigenvalue weighted by atomic mass is 9.93. The van der Waals surface area contributed by atoms with Gasteiger partial charge in [0, 0.05) is 89.3 Å². The first-order valence-electron chi connectivity index (χ1n) is 25.9. The molecule has 8 heteroatoms. The summed E-state index contributed by atoms with van der Waals surface area (Å²) >= 11 is 0. The second kappa shape index (κ2) is 17.1. The fourth-order valence-electron chi connectivity index (χ4n) is 12.0. The minimum Gasteiger partial charge on any atom is -0.456 e. The summed E-state index contributed by atoms with van der Waals surface area (Å²) in [5.74, 6) is 1.83. The average Bonchev–Trinajstić information content (AvgIpc) is 4.35. The van der Waals surface area contributed by atoms with Crippen LogP contribution >= 0.6 is 0 Å². The molecule has 0 fully saturated rings. The molecular formula is C69H42N6O2. The Morgan fingerprint density at radius 2 is 0.792 bits per heavy atom. The Kier molecular flexibility index (Phi) is 9.53. The zero-order valence-corrected chi connectivity index (χ0v) is 41.3. The number of rotatable bonds is 8. The molecule has 0 spiro atoms. The average molecular weight is 987 g/mol. The van der Waals surface area contributed by atoms with Crippen LogP contribution in [0.25, 0.3) is 144 Å². The predicted octanol–water partition coefficient (Wildman–Crippen LogP) is 17.5. The third-order valence-corrected chi connectivity index (χ3v) is 15.2. The largest absolute Gasteiger partial charge is 0.456 e. The fourth-order valence-corrected chi connectivity index (χ4v) is 12.0. The van der Waals surface area contributed by atoms with Crippen LogP contribution in [0.3, 0.4) is 0 Å². The van der Waals surface area contributed by atoms with Crippen molar-refractivity contribution < 1.29 is 8.83 Å². The van der Waals surface area contributed by atoms with Gasteiger partial charge < -0.3 is 18.0 Å². The zero-order valence-electron chi connectivity index (χ0n) is 41.3. The Morgan fingerprint density at radius 3 is 1.32 bits per heavy atom. The van der Waals surface area contributed by atoms with Gasteiger partial charge in [0.1, 0.15) is 28.2 Å². The van der Waals surface area contributed by atoms with Gasteiger partial charge in [-0.25, -0.2) is 15.0 Å². The van der Waals surface area contributed by atoms with Gasteiger partial charge in [-0.15, -0.1) is 0 Å². The van der Waals surface area contributed by atoms with Gasteiger partial charge in [0.15, 0.2) is 11.6 Å². The van der Waals surface area contributed by atoms with Crippen LogP contribution in [-0.2, 0) is 6.42 Å². The molecule has 16 aromatic rings. The number of benzene rings is 10. The highest BCUT2D eigenvalue weighted by atomic mass is 16.3. The lowest BCUT2D eigenvalue weighted by Gasteiger charge is -2.14. The maximum absolute atomic E-state index is 6.86. The van der Waals surface area contributed by atoms with Gasteiger partial charge in [0.2, 0.25) is 0 Å². The van der Waals surface area contributed by atoms with Crippen molar-refractivity contribution in [2.45, 2.75) is 6.42 Å². The van der Waals surface area contributed by atoms with E-state index >= 15 is 0 Å². The van der Waals surface area contributed by atoms with Gasteiger partial charge in [-0.3, -0.25) is 4.98 Å². The third-order valence-electron chi connectivity index (χ3n) is 15.2. The minimum absolute atomic E-state index is 0.351. The maximum Gasteiger partial charge on any atom is 0.163 e. The summed E-state index contributed by atoms with van der Waals surface area (Å²) < 4.78 is 18.4. The number of furan rings is 2. The van der Waals surface area contributed by atoms with Crippen LogP contribution in [0.4, 0.5) is 0 Å². The number of aromatic nitrogens is 6. The summed E-state index contributed by atoms with van der Waals surface area (Å²) in [5, 5.41) is 8.71. The first kappa shape index (κ1) is 43.0. The van der Waals surface area contributed by atoms with Crippen molar-refractivity contribution in [3.05, 3.63) is 254 Å². The van der Waals surface area contributed by atoms with Crippen molar-refractivity contribution in [1.82, 2.24) is 29.1 Å². The van der Waals surface area contributed by atoms with Crippen molar-refractivity contribution in [2.75, 3.05) is 0 Å². The molecule has 0 saturated carbocycles. The summed E-state index contributed by atoms with van der Waals surface area (Å²) in [7, 11) is 0. The third kappa shape index (κ3) is 6.72. The standard InChI is InChI=1S/C69H42N6O2/c1-5-19-42(20-6-1)68-71-60(72-69(73-68)43-21-7-2-8-22-43)40-44-39-45(48-29-17-33-56-63(48)65-58(76-56)37-35-54-61(65)49-27-13-15-31-52(49)74(54)46-23-9-3-10-24-46)41-70-67(44)51-30-18-34-57-64(51)66-59(77-57)38-36-55-62(66)50-28-14-16-32-53(50)75(55)47-25-11-4-12-26-47/h1-39,41H,40H2. The van der Waals surface area contributed by atoms with E-state index in [4.69, 9.17) is 28.8 Å². The molecule has 0 atom stereocenters. The molecule has 0 aliphatic heterocycles. The van der Waals surface area contributed by atoms with Crippen molar-refractivity contribution in [3.63, 3.8) is 0 Å². The first-order valence-corrected chi connectivity index (χ1v) is 25.9. The van der Waals surface area contributed by atoms with Gasteiger partial charge in [-0.2, -0.15) is 0 Å². The highest BCUT2D eigenvalue weighted by molar-refractivity contribution is 6.31. The SMILES string of the molecule is c1ccc(-c2nc(Cc3cc(-c4cccc5oc6ccc7c(c8ccccc8n7-c7ccccc7)c6c45)cnc3-c3cccc4oc5ccc6c(c7ccccc7n6-c6ccccc6)c5c34)nc(-c3ccccc3)n2)cc1. The van der Waals surface area contributed by atoms with Gasteiger partial charge >= 0.3 is 0 Å². The second-order valence-electron chi connectivity index (χ2n) is 19.6. The van der Waals surface area contributed by atoms with Crippen LogP contribution in [0, 0.1) is 0 Å². The molecule has 77 heavy (non-hydrogen) atoms. The van der Waals surface area contributed by atoms with Crippen molar-refractivity contribution >= 4 is 87.5 Å².